The number of aliphatic hydroxyl groups excluding tert-OH is 1. The van der Waals surface area contributed by atoms with Gasteiger partial charge in [-0.25, -0.2) is 0 Å². The standard InChI is InChI=1S/C39H49FN4O6Si/c1-26-36(51(3,4)40)34(22-35(46)43(19-20-45)24-27-9-6-5-7-10-27)50-39(26)32-21-31(49-2)16-17-33(32)44(38(39)48)25-28-12-14-30(15-13-28)42-37(47)29-11-8-18-41-23-29/h5-7,9-10,12-17,21,26,29,34,36,41,45H,8,11,18-20,22-25H2,1-4H3,(H,42,47)/t26-,29?,34+,36-,39+/m0/s1. The minimum atomic E-state index is -3.53. The molecular formula is C39H49FN4O6Si. The third kappa shape index (κ3) is 7.46. The van der Waals surface area contributed by atoms with Gasteiger partial charge in [-0.15, -0.1) is 0 Å². The van der Waals surface area contributed by atoms with E-state index >= 15 is 4.11 Å². The van der Waals surface area contributed by atoms with Crippen molar-refractivity contribution in [1.82, 2.24) is 10.2 Å². The Bertz CT molecular complexity index is 1710. The Kier molecular flexibility index (Phi) is 11.0. The minimum absolute atomic E-state index is 0.0108. The molecule has 3 aromatic carbocycles. The van der Waals surface area contributed by atoms with Gasteiger partial charge in [-0.2, -0.15) is 0 Å². The Morgan fingerprint density at radius 2 is 1.86 bits per heavy atom. The molecule has 10 nitrogen and oxygen atoms in total. The molecule has 3 N–H and O–H groups in total. The maximum atomic E-state index is 16.4. The second-order valence-electron chi connectivity index (χ2n) is 14.5. The van der Waals surface area contributed by atoms with Gasteiger partial charge in [0.25, 0.3) is 5.91 Å². The van der Waals surface area contributed by atoms with Gasteiger partial charge in [0.05, 0.1) is 44.4 Å². The summed E-state index contributed by atoms with van der Waals surface area (Å²) in [5, 5.41) is 16.1. The van der Waals surface area contributed by atoms with Crippen molar-refractivity contribution >= 4 is 37.5 Å². The zero-order valence-corrected chi connectivity index (χ0v) is 30.9. The highest BCUT2D eigenvalue weighted by atomic mass is 28.4. The third-order valence-electron chi connectivity index (χ3n) is 10.7. The van der Waals surface area contributed by atoms with Crippen LogP contribution in [0.3, 0.4) is 0 Å². The highest BCUT2D eigenvalue weighted by Gasteiger charge is 2.67. The SMILES string of the molecule is COc1ccc2c(c1)[C@@]1(O[C@H](CC(=O)N(CCO)Cc3ccccc3)[C@@H]([Si](C)(C)F)[C@@H]1C)C(=O)N2Cc1ccc(NC(=O)C2CCCNC2)cc1. The topological polar surface area (TPSA) is 120 Å². The molecule has 2 fully saturated rings. The lowest BCUT2D eigenvalue weighted by Crippen LogP contribution is -2.45. The van der Waals surface area contributed by atoms with Crippen LogP contribution in [0, 0.1) is 11.8 Å². The van der Waals surface area contributed by atoms with E-state index in [0.717, 1.165) is 30.5 Å². The molecule has 3 aromatic rings. The number of amides is 3. The fraction of sp³-hybridized carbons (Fsp3) is 0.462. The minimum Gasteiger partial charge on any atom is -0.497 e. The van der Waals surface area contributed by atoms with Crippen LogP contribution >= 0.6 is 0 Å². The number of rotatable bonds is 12. The second-order valence-corrected chi connectivity index (χ2v) is 18.3. The van der Waals surface area contributed by atoms with E-state index in [2.05, 4.69) is 10.6 Å². The smallest absolute Gasteiger partial charge is 0.264 e. The average molecular weight is 717 g/mol. The van der Waals surface area contributed by atoms with E-state index in [1.807, 2.05) is 67.6 Å². The van der Waals surface area contributed by atoms with Crippen LogP contribution < -0.4 is 20.3 Å². The van der Waals surface area contributed by atoms with E-state index in [1.165, 1.54) is 0 Å². The lowest BCUT2D eigenvalue weighted by Gasteiger charge is -2.31. The third-order valence-corrected chi connectivity index (χ3v) is 13.2. The molecule has 6 rings (SSSR count). The summed E-state index contributed by atoms with van der Waals surface area (Å²) in [7, 11) is -1.97. The molecule has 0 aromatic heterocycles. The van der Waals surface area contributed by atoms with Crippen LogP contribution in [0.5, 0.6) is 5.75 Å². The summed E-state index contributed by atoms with van der Waals surface area (Å²) in [6.07, 6.45) is 0.839. The number of fused-ring (bicyclic) bond motifs is 2. The van der Waals surface area contributed by atoms with E-state index in [0.29, 0.717) is 35.8 Å². The van der Waals surface area contributed by atoms with E-state index in [-0.39, 0.29) is 49.8 Å². The molecule has 272 valence electrons. The number of methoxy groups -OCH3 is 1. The number of carbonyl (C=O) groups excluding carboxylic acids is 3. The molecule has 0 saturated carbocycles. The Morgan fingerprint density at radius 3 is 2.51 bits per heavy atom. The Morgan fingerprint density at radius 1 is 1.12 bits per heavy atom. The molecule has 0 radical (unpaired) electrons. The Balaban J connectivity index is 1.27. The van der Waals surface area contributed by atoms with Gasteiger partial charge in [-0.1, -0.05) is 49.4 Å². The molecule has 0 bridgehead atoms. The maximum Gasteiger partial charge on any atom is 0.264 e. The van der Waals surface area contributed by atoms with Gasteiger partial charge in [-0.05, 0) is 73.9 Å². The predicted molar refractivity (Wildman–Crippen MR) is 196 cm³/mol. The molecule has 3 aliphatic rings. The first-order chi connectivity index (χ1) is 24.5. The molecule has 0 aliphatic carbocycles. The van der Waals surface area contributed by atoms with Crippen LogP contribution in [0.4, 0.5) is 15.5 Å². The molecule has 12 heteroatoms. The fourth-order valence-electron chi connectivity index (χ4n) is 8.22. The van der Waals surface area contributed by atoms with Crippen molar-refractivity contribution in [2.24, 2.45) is 11.8 Å². The van der Waals surface area contributed by atoms with Crippen LogP contribution in [-0.4, -0.2) is 75.6 Å². The maximum absolute atomic E-state index is 16.4. The molecule has 3 aliphatic heterocycles. The first-order valence-electron chi connectivity index (χ1n) is 17.9. The van der Waals surface area contributed by atoms with Crippen LogP contribution in [0.2, 0.25) is 18.6 Å². The van der Waals surface area contributed by atoms with Crippen molar-refractivity contribution < 1.29 is 33.1 Å². The molecule has 1 spiro atoms. The van der Waals surface area contributed by atoms with Crippen LogP contribution in [0.15, 0.2) is 72.8 Å². The van der Waals surface area contributed by atoms with Crippen LogP contribution in [0.25, 0.3) is 0 Å². The lowest BCUT2D eigenvalue weighted by atomic mass is 9.82. The molecule has 3 amide bonds. The number of nitrogens with zero attached hydrogens (tertiary/aromatic N) is 2. The zero-order chi connectivity index (χ0) is 36.3. The zero-order valence-electron chi connectivity index (χ0n) is 29.9. The van der Waals surface area contributed by atoms with Gasteiger partial charge in [0.2, 0.25) is 20.2 Å². The van der Waals surface area contributed by atoms with Gasteiger partial charge in [0.1, 0.15) is 5.75 Å². The van der Waals surface area contributed by atoms with E-state index in [9.17, 15) is 19.5 Å². The quantitative estimate of drug-likeness (QED) is 0.171. The molecule has 51 heavy (non-hydrogen) atoms. The number of hydrogen-bond donors (Lipinski definition) is 3. The van der Waals surface area contributed by atoms with E-state index < -0.39 is 31.6 Å². The average Bonchev–Trinajstić information content (AvgIpc) is 3.55. The van der Waals surface area contributed by atoms with Crippen LogP contribution in [-0.2, 0) is 37.8 Å². The van der Waals surface area contributed by atoms with Crippen molar-refractivity contribution in [1.29, 1.82) is 0 Å². The molecule has 1 unspecified atom stereocenters. The predicted octanol–water partition coefficient (Wildman–Crippen LogP) is 5.37. The number of anilines is 2. The van der Waals surface area contributed by atoms with Crippen molar-refractivity contribution in [2.45, 2.75) is 69.6 Å². The first-order valence-corrected chi connectivity index (χ1v) is 20.8. The van der Waals surface area contributed by atoms with E-state index in [1.54, 1.807) is 42.1 Å². The molecule has 3 heterocycles. The van der Waals surface area contributed by atoms with Gasteiger partial charge in [0, 0.05) is 42.3 Å². The summed E-state index contributed by atoms with van der Waals surface area (Å²) in [6.45, 7) is 7.10. The highest BCUT2D eigenvalue weighted by Crippen LogP contribution is 2.60. The molecular weight excluding hydrogens is 668 g/mol. The second kappa shape index (κ2) is 15.2. The monoisotopic (exact) mass is 716 g/mol. The van der Waals surface area contributed by atoms with Crippen LogP contribution in [0.1, 0.15) is 42.9 Å². The number of hydrogen-bond acceptors (Lipinski definition) is 7. The van der Waals surface area contributed by atoms with E-state index in [4.69, 9.17) is 9.47 Å². The number of carbonyl (C=O) groups is 3. The van der Waals surface area contributed by atoms with Crippen molar-refractivity contribution in [3.05, 3.63) is 89.5 Å². The van der Waals surface area contributed by atoms with Gasteiger partial charge in [0.15, 0.2) is 5.60 Å². The summed E-state index contributed by atoms with van der Waals surface area (Å²) in [5.41, 5.74) is 1.48. The Labute approximate surface area is 300 Å². The van der Waals surface area contributed by atoms with Crippen molar-refractivity contribution in [2.75, 3.05) is 43.6 Å². The fourth-order valence-corrected chi connectivity index (χ4v) is 10.7. The molecule has 2 saturated heterocycles. The summed E-state index contributed by atoms with van der Waals surface area (Å²) in [6, 6.07) is 22.4. The van der Waals surface area contributed by atoms with Crippen molar-refractivity contribution in [3.63, 3.8) is 0 Å². The summed E-state index contributed by atoms with van der Waals surface area (Å²) >= 11 is 0. The van der Waals surface area contributed by atoms with Gasteiger partial charge in [-0.3, -0.25) is 14.4 Å². The normalized spacial score (nSPS) is 24.4. The number of halogens is 1. The lowest BCUT2D eigenvalue weighted by molar-refractivity contribution is -0.150. The van der Waals surface area contributed by atoms with Gasteiger partial charge >= 0.3 is 0 Å². The number of piperidine rings is 1. The number of benzene rings is 3. The molecule has 5 atom stereocenters. The van der Waals surface area contributed by atoms with Gasteiger partial charge < -0.3 is 39.1 Å². The Hall–Kier alpha value is -4.10. The highest BCUT2D eigenvalue weighted by molar-refractivity contribution is 6.72. The largest absolute Gasteiger partial charge is 0.497 e. The summed E-state index contributed by atoms with van der Waals surface area (Å²) in [5.74, 6) is -0.709. The number of ether oxygens (including phenoxy) is 2. The first kappa shape index (κ1) is 36.7. The number of aliphatic hydroxyl groups is 1. The summed E-state index contributed by atoms with van der Waals surface area (Å²) < 4.78 is 28.8. The summed E-state index contributed by atoms with van der Waals surface area (Å²) in [4.78, 5) is 44.7. The van der Waals surface area contributed by atoms with Crippen molar-refractivity contribution in [3.8, 4) is 5.75 Å². The number of nitrogens with one attached hydrogen (secondary N) is 2.